The molecule has 252 valence electrons. The van der Waals surface area contributed by atoms with E-state index in [-0.39, 0.29) is 36.8 Å². The van der Waals surface area contributed by atoms with Crippen LogP contribution >= 0.6 is 22.7 Å². The Hall–Kier alpha value is -5.28. The van der Waals surface area contributed by atoms with Gasteiger partial charge in [0.15, 0.2) is 0 Å². The topological polar surface area (TPSA) is 164 Å². The van der Waals surface area contributed by atoms with Gasteiger partial charge in [0, 0.05) is 30.3 Å². The molecule has 1 aliphatic heterocycles. The Labute approximate surface area is 290 Å². The lowest BCUT2D eigenvalue weighted by molar-refractivity contribution is -0.136. The van der Waals surface area contributed by atoms with Crippen molar-refractivity contribution in [3.8, 4) is 0 Å². The molecule has 2 aromatic carbocycles. The van der Waals surface area contributed by atoms with E-state index in [2.05, 4.69) is 36.0 Å². The maximum atomic E-state index is 13.8. The van der Waals surface area contributed by atoms with Gasteiger partial charge in [0.1, 0.15) is 34.1 Å². The Balaban J connectivity index is 1.32. The number of thiazole rings is 2. The number of aromatic nitrogens is 5. The first-order valence-corrected chi connectivity index (χ1v) is 17.6. The van der Waals surface area contributed by atoms with Gasteiger partial charge >= 0.3 is 0 Å². The molecule has 3 aromatic heterocycles. The van der Waals surface area contributed by atoms with Gasteiger partial charge in [-0.3, -0.25) is 23.9 Å². The number of hydrogen-bond donors (Lipinski definition) is 3. The van der Waals surface area contributed by atoms with Crippen molar-refractivity contribution < 1.29 is 19.2 Å². The van der Waals surface area contributed by atoms with Gasteiger partial charge in [-0.05, 0) is 30.9 Å². The SMILES string of the molecule is C[C@@H]1NC(=O)CN(C(=O)CCCn2cncn2)C[C@@H](c2ccccc2)NC(=O)c2csc(n2)[C@@H](Cc2ccccc2)NC(=O)c2csc1n2. The van der Waals surface area contributed by atoms with Crippen LogP contribution in [-0.2, 0) is 22.6 Å². The predicted octanol–water partition coefficient (Wildman–Crippen LogP) is 3.88. The minimum Gasteiger partial charge on any atom is -0.346 e. The van der Waals surface area contributed by atoms with Crippen LogP contribution in [0, 0.1) is 0 Å². The third-order valence-electron chi connectivity index (χ3n) is 7.98. The van der Waals surface area contributed by atoms with Crippen molar-refractivity contribution in [2.75, 3.05) is 13.1 Å². The van der Waals surface area contributed by atoms with Crippen molar-refractivity contribution in [1.29, 1.82) is 0 Å². The van der Waals surface area contributed by atoms with Gasteiger partial charge in [0.05, 0.1) is 24.7 Å². The molecular weight excluding hydrogens is 663 g/mol. The van der Waals surface area contributed by atoms with Crippen LogP contribution in [-0.4, -0.2) is 66.4 Å². The molecule has 15 heteroatoms. The van der Waals surface area contributed by atoms with Crippen molar-refractivity contribution in [2.24, 2.45) is 0 Å². The highest BCUT2D eigenvalue weighted by Gasteiger charge is 2.28. The monoisotopic (exact) mass is 697 g/mol. The van der Waals surface area contributed by atoms with Gasteiger partial charge in [-0.15, -0.1) is 22.7 Å². The summed E-state index contributed by atoms with van der Waals surface area (Å²) in [6.07, 6.45) is 4.10. The molecule has 0 fully saturated rings. The summed E-state index contributed by atoms with van der Waals surface area (Å²) in [6, 6.07) is 17.3. The minimum atomic E-state index is -0.649. The number of amides is 4. The minimum absolute atomic E-state index is 0.0464. The highest BCUT2D eigenvalue weighted by Crippen LogP contribution is 2.25. The Morgan fingerprint density at radius 3 is 2.27 bits per heavy atom. The van der Waals surface area contributed by atoms with Gasteiger partial charge in [-0.2, -0.15) is 5.10 Å². The molecule has 3 N–H and O–H groups in total. The van der Waals surface area contributed by atoms with Crippen LogP contribution < -0.4 is 16.0 Å². The molecular formula is C34H35N9O4S2. The Morgan fingerprint density at radius 1 is 0.878 bits per heavy atom. The molecule has 3 atom stereocenters. The van der Waals surface area contributed by atoms with E-state index in [9.17, 15) is 19.2 Å². The number of nitrogens with zero attached hydrogens (tertiary/aromatic N) is 6. The van der Waals surface area contributed by atoms with E-state index >= 15 is 0 Å². The summed E-state index contributed by atoms with van der Waals surface area (Å²) in [5.41, 5.74) is 2.15. The predicted molar refractivity (Wildman–Crippen MR) is 184 cm³/mol. The number of fused-ring (bicyclic) bond motifs is 4. The number of carbonyl (C=O) groups is 4. The molecule has 0 radical (unpaired) electrons. The zero-order valence-corrected chi connectivity index (χ0v) is 28.3. The first kappa shape index (κ1) is 33.6. The highest BCUT2D eigenvalue weighted by molar-refractivity contribution is 7.10. The van der Waals surface area contributed by atoms with Crippen LogP contribution in [0.5, 0.6) is 0 Å². The van der Waals surface area contributed by atoms with Crippen molar-refractivity contribution in [2.45, 2.75) is 50.9 Å². The molecule has 0 aliphatic carbocycles. The second-order valence-electron chi connectivity index (χ2n) is 11.6. The third kappa shape index (κ3) is 8.80. The highest BCUT2D eigenvalue weighted by atomic mass is 32.1. The Bertz CT molecular complexity index is 1880. The quantitative estimate of drug-likeness (QED) is 0.231. The Morgan fingerprint density at radius 2 is 1.55 bits per heavy atom. The number of carbonyl (C=O) groups excluding carboxylic acids is 4. The van der Waals surface area contributed by atoms with Crippen molar-refractivity contribution >= 4 is 46.3 Å². The first-order chi connectivity index (χ1) is 23.8. The first-order valence-electron chi connectivity index (χ1n) is 15.8. The maximum Gasteiger partial charge on any atom is 0.271 e. The van der Waals surface area contributed by atoms with Crippen LogP contribution in [0.2, 0.25) is 0 Å². The molecule has 49 heavy (non-hydrogen) atoms. The zero-order valence-electron chi connectivity index (χ0n) is 26.7. The van der Waals surface area contributed by atoms with Crippen LogP contribution in [0.15, 0.2) is 84.1 Å². The molecule has 13 nitrogen and oxygen atoms in total. The molecule has 0 unspecified atom stereocenters. The van der Waals surface area contributed by atoms with Gasteiger partial charge in [0.25, 0.3) is 11.8 Å². The smallest absolute Gasteiger partial charge is 0.271 e. The fourth-order valence-corrected chi connectivity index (χ4v) is 7.13. The molecule has 4 heterocycles. The summed E-state index contributed by atoms with van der Waals surface area (Å²) in [5, 5.41) is 17.6. The summed E-state index contributed by atoms with van der Waals surface area (Å²) < 4.78 is 1.64. The lowest BCUT2D eigenvalue weighted by Gasteiger charge is -2.29. The van der Waals surface area contributed by atoms with E-state index in [4.69, 9.17) is 0 Å². The number of hydrogen-bond acceptors (Lipinski definition) is 10. The van der Waals surface area contributed by atoms with Crippen molar-refractivity contribution in [3.63, 3.8) is 0 Å². The van der Waals surface area contributed by atoms with E-state index < -0.39 is 35.8 Å². The van der Waals surface area contributed by atoms with Crippen molar-refractivity contribution in [1.82, 2.24) is 45.6 Å². The molecule has 0 saturated heterocycles. The summed E-state index contributed by atoms with van der Waals surface area (Å²) in [6.45, 7) is 2.07. The average Bonchev–Trinajstić information content (AvgIpc) is 3.91. The number of aryl methyl sites for hydroxylation is 1. The summed E-state index contributed by atoms with van der Waals surface area (Å²) in [5.74, 6) is -1.48. The van der Waals surface area contributed by atoms with E-state index in [0.29, 0.717) is 29.4 Å². The van der Waals surface area contributed by atoms with Crippen molar-refractivity contribution in [3.05, 3.63) is 117 Å². The second-order valence-corrected chi connectivity index (χ2v) is 13.4. The summed E-state index contributed by atoms with van der Waals surface area (Å²) >= 11 is 2.55. The second kappa shape index (κ2) is 15.7. The van der Waals surface area contributed by atoms with E-state index in [0.717, 1.165) is 11.1 Å². The van der Waals surface area contributed by atoms with Crippen LogP contribution in [0.1, 0.15) is 80.0 Å². The molecule has 1 aliphatic rings. The largest absolute Gasteiger partial charge is 0.346 e. The van der Waals surface area contributed by atoms with Gasteiger partial charge in [-0.25, -0.2) is 15.0 Å². The fourth-order valence-electron chi connectivity index (χ4n) is 5.47. The Kier molecular flexibility index (Phi) is 10.8. The third-order valence-corrected chi connectivity index (χ3v) is 9.97. The van der Waals surface area contributed by atoms with Gasteiger partial charge < -0.3 is 20.9 Å². The van der Waals surface area contributed by atoms with E-state index in [1.807, 2.05) is 60.7 Å². The zero-order chi connectivity index (χ0) is 34.2. The normalized spacial score (nSPS) is 18.9. The summed E-state index contributed by atoms with van der Waals surface area (Å²) in [7, 11) is 0. The fraction of sp³-hybridized carbons (Fsp3) is 0.294. The molecule has 4 bridgehead atoms. The number of rotatable bonds is 7. The van der Waals surface area contributed by atoms with Crippen LogP contribution in [0.4, 0.5) is 0 Å². The van der Waals surface area contributed by atoms with Gasteiger partial charge in [0.2, 0.25) is 11.8 Å². The number of nitrogens with one attached hydrogen (secondary N) is 3. The number of benzene rings is 2. The lowest BCUT2D eigenvalue weighted by atomic mass is 10.1. The maximum absolute atomic E-state index is 13.8. The molecule has 0 spiro atoms. The van der Waals surface area contributed by atoms with Crippen LogP contribution in [0.3, 0.4) is 0 Å². The molecule has 6 rings (SSSR count). The summed E-state index contributed by atoms with van der Waals surface area (Å²) in [4.78, 5) is 68.9. The average molecular weight is 698 g/mol. The van der Waals surface area contributed by atoms with E-state index in [1.165, 1.54) is 33.9 Å². The lowest BCUT2D eigenvalue weighted by Crippen LogP contribution is -2.46. The van der Waals surface area contributed by atoms with E-state index in [1.54, 1.807) is 28.7 Å². The van der Waals surface area contributed by atoms with Gasteiger partial charge in [-0.1, -0.05) is 60.7 Å². The van der Waals surface area contributed by atoms with Crippen LogP contribution in [0.25, 0.3) is 0 Å². The molecule has 0 saturated carbocycles. The molecule has 4 amide bonds. The standard InChI is InChI=1S/C34H35N9O4S2/c1-22-33-40-27(18-48-33)31(46)38-25(15-23-9-4-2-5-10-23)34-41-28(19-49-34)32(47)39-26(24-11-6-3-7-12-24)16-42(17-29(44)37-22)30(45)13-8-14-43-21-35-20-36-43/h2-7,9-12,18-22,25-26H,8,13-17H2,1H3,(H,37,44)(H,38,46)(H,39,47)/t22-,25+,26-/m0/s1. The molecule has 5 aromatic rings.